The molecule has 0 aliphatic rings. The molecule has 1 N–H and O–H groups in total. The average Bonchev–Trinajstić information content (AvgIpc) is 2.55. The second kappa shape index (κ2) is 7.83. The number of pyridine rings is 1. The van der Waals surface area contributed by atoms with Crippen LogP contribution < -0.4 is 14.9 Å². The molecular weight excluding hydrogens is 308 g/mol. The fraction of sp³-hybridized carbons (Fsp3) is 0.133. The van der Waals surface area contributed by atoms with E-state index in [0.717, 1.165) is 0 Å². The summed E-state index contributed by atoms with van der Waals surface area (Å²) in [5.41, 5.74) is 3.11. The van der Waals surface area contributed by atoms with Crippen LogP contribution in [0.15, 0.2) is 47.8 Å². The maximum atomic E-state index is 12.3. The van der Waals surface area contributed by atoms with Crippen molar-refractivity contribution in [3.05, 3.63) is 53.9 Å². The molecule has 1 aromatic carbocycles. The molecular formula is C15H13F2N3O3. The Morgan fingerprint density at radius 3 is 2.83 bits per heavy atom. The van der Waals surface area contributed by atoms with E-state index in [1.807, 2.05) is 0 Å². The number of hydrogen-bond donors (Lipinski definition) is 1. The van der Waals surface area contributed by atoms with Crippen LogP contribution in [-0.2, 0) is 0 Å². The van der Waals surface area contributed by atoms with Gasteiger partial charge in [-0.05, 0) is 35.9 Å². The third kappa shape index (κ3) is 4.73. The Labute approximate surface area is 130 Å². The Hall–Kier alpha value is -3.03. The first-order chi connectivity index (χ1) is 11.1. The molecule has 2 rings (SSSR count). The lowest BCUT2D eigenvalue weighted by Crippen LogP contribution is -2.17. The summed E-state index contributed by atoms with van der Waals surface area (Å²) in [6.07, 6.45) is 4.24. The van der Waals surface area contributed by atoms with Crippen molar-refractivity contribution in [3.8, 4) is 11.5 Å². The minimum absolute atomic E-state index is 0.120. The van der Waals surface area contributed by atoms with Crippen molar-refractivity contribution in [2.45, 2.75) is 6.61 Å². The van der Waals surface area contributed by atoms with Crippen LogP contribution in [0.3, 0.4) is 0 Å². The highest BCUT2D eigenvalue weighted by Crippen LogP contribution is 2.28. The highest BCUT2D eigenvalue weighted by molar-refractivity contribution is 5.94. The quantitative estimate of drug-likeness (QED) is 0.655. The van der Waals surface area contributed by atoms with Gasteiger partial charge in [0.15, 0.2) is 11.5 Å². The van der Waals surface area contributed by atoms with E-state index in [9.17, 15) is 13.6 Å². The smallest absolute Gasteiger partial charge is 0.387 e. The van der Waals surface area contributed by atoms with E-state index in [1.165, 1.54) is 31.7 Å². The summed E-state index contributed by atoms with van der Waals surface area (Å²) < 4.78 is 34.0. The average molecular weight is 321 g/mol. The predicted molar refractivity (Wildman–Crippen MR) is 78.9 cm³/mol. The molecule has 0 spiro atoms. The van der Waals surface area contributed by atoms with Gasteiger partial charge in [0, 0.05) is 12.4 Å². The normalized spacial score (nSPS) is 10.8. The van der Waals surface area contributed by atoms with E-state index in [4.69, 9.17) is 4.74 Å². The van der Waals surface area contributed by atoms with Crippen molar-refractivity contribution >= 4 is 12.1 Å². The summed E-state index contributed by atoms with van der Waals surface area (Å²) in [5, 5.41) is 3.76. The molecule has 0 bridgehead atoms. The second-order valence-corrected chi connectivity index (χ2v) is 4.23. The zero-order valence-electron chi connectivity index (χ0n) is 12.1. The SMILES string of the molecule is COc1ccc(/C=N\NC(=O)c2cccnc2)cc1OC(F)F. The van der Waals surface area contributed by atoms with Gasteiger partial charge in [-0.1, -0.05) is 0 Å². The lowest BCUT2D eigenvalue weighted by molar-refractivity contribution is -0.0512. The van der Waals surface area contributed by atoms with Crippen LogP contribution >= 0.6 is 0 Å². The first-order valence-electron chi connectivity index (χ1n) is 6.46. The molecule has 8 heteroatoms. The predicted octanol–water partition coefficient (Wildman–Crippen LogP) is 2.46. The van der Waals surface area contributed by atoms with Gasteiger partial charge in [0.1, 0.15) is 0 Å². The molecule has 0 unspecified atom stereocenters. The maximum Gasteiger partial charge on any atom is 0.387 e. The Morgan fingerprint density at radius 2 is 2.17 bits per heavy atom. The maximum absolute atomic E-state index is 12.3. The summed E-state index contributed by atoms with van der Waals surface area (Å²) in [5.74, 6) is -0.390. The Bertz CT molecular complexity index is 694. The summed E-state index contributed by atoms with van der Waals surface area (Å²) in [4.78, 5) is 15.6. The Kier molecular flexibility index (Phi) is 5.56. The molecule has 23 heavy (non-hydrogen) atoms. The number of aromatic nitrogens is 1. The number of ether oxygens (including phenoxy) is 2. The van der Waals surface area contributed by atoms with Crippen molar-refractivity contribution in [2.24, 2.45) is 5.10 Å². The second-order valence-electron chi connectivity index (χ2n) is 4.23. The van der Waals surface area contributed by atoms with Crippen molar-refractivity contribution in [3.63, 3.8) is 0 Å². The summed E-state index contributed by atoms with van der Waals surface area (Å²) in [6.45, 7) is -2.97. The van der Waals surface area contributed by atoms with Gasteiger partial charge in [-0.25, -0.2) is 5.43 Å². The van der Waals surface area contributed by atoms with Crippen LogP contribution in [0.1, 0.15) is 15.9 Å². The molecule has 1 amide bonds. The lowest BCUT2D eigenvalue weighted by atomic mass is 10.2. The minimum Gasteiger partial charge on any atom is -0.493 e. The van der Waals surface area contributed by atoms with Crippen LogP contribution in [0, 0.1) is 0 Å². The van der Waals surface area contributed by atoms with Crippen molar-refractivity contribution in [1.82, 2.24) is 10.4 Å². The number of carbonyl (C=O) groups excluding carboxylic acids is 1. The number of carbonyl (C=O) groups is 1. The first-order valence-corrected chi connectivity index (χ1v) is 6.46. The van der Waals surface area contributed by atoms with Crippen molar-refractivity contribution in [2.75, 3.05) is 7.11 Å². The molecule has 0 atom stereocenters. The number of nitrogens with zero attached hydrogens (tertiary/aromatic N) is 2. The molecule has 1 heterocycles. The number of methoxy groups -OCH3 is 1. The number of halogens is 2. The Morgan fingerprint density at radius 1 is 1.35 bits per heavy atom. The molecule has 0 fully saturated rings. The van der Waals surface area contributed by atoms with Crippen LogP contribution in [0.4, 0.5) is 8.78 Å². The summed E-state index contributed by atoms with van der Waals surface area (Å²) in [6, 6.07) is 7.57. The summed E-state index contributed by atoms with van der Waals surface area (Å²) >= 11 is 0. The van der Waals surface area contributed by atoms with Crippen LogP contribution in [0.5, 0.6) is 11.5 Å². The number of hydrogen-bond acceptors (Lipinski definition) is 5. The largest absolute Gasteiger partial charge is 0.493 e. The summed E-state index contributed by atoms with van der Waals surface area (Å²) in [7, 11) is 1.34. The van der Waals surface area contributed by atoms with Crippen LogP contribution in [-0.4, -0.2) is 30.8 Å². The van der Waals surface area contributed by atoms with E-state index < -0.39 is 12.5 Å². The topological polar surface area (TPSA) is 72.8 Å². The monoisotopic (exact) mass is 321 g/mol. The lowest BCUT2D eigenvalue weighted by Gasteiger charge is -2.10. The van der Waals surface area contributed by atoms with Gasteiger partial charge in [-0.15, -0.1) is 0 Å². The molecule has 2 aromatic rings. The fourth-order valence-corrected chi connectivity index (χ4v) is 1.69. The number of nitrogens with one attached hydrogen (secondary N) is 1. The van der Waals surface area contributed by atoms with Crippen molar-refractivity contribution in [1.29, 1.82) is 0 Å². The number of benzene rings is 1. The number of rotatable bonds is 6. The number of hydrazone groups is 1. The van der Waals surface area contributed by atoms with E-state index in [1.54, 1.807) is 24.4 Å². The van der Waals surface area contributed by atoms with Gasteiger partial charge in [-0.2, -0.15) is 13.9 Å². The van der Waals surface area contributed by atoms with Crippen LogP contribution in [0.25, 0.3) is 0 Å². The zero-order valence-corrected chi connectivity index (χ0v) is 12.1. The zero-order chi connectivity index (χ0) is 16.7. The van der Waals surface area contributed by atoms with E-state index in [0.29, 0.717) is 11.1 Å². The van der Waals surface area contributed by atoms with Gasteiger partial charge in [0.25, 0.3) is 5.91 Å². The number of amides is 1. The molecule has 120 valence electrons. The van der Waals surface area contributed by atoms with Gasteiger partial charge in [-0.3, -0.25) is 9.78 Å². The van der Waals surface area contributed by atoms with Gasteiger partial charge < -0.3 is 9.47 Å². The molecule has 6 nitrogen and oxygen atoms in total. The molecule has 0 saturated carbocycles. The Balaban J connectivity index is 2.06. The van der Waals surface area contributed by atoms with E-state index in [-0.39, 0.29) is 11.5 Å². The molecule has 0 aliphatic carbocycles. The highest BCUT2D eigenvalue weighted by atomic mass is 19.3. The first kappa shape index (κ1) is 16.3. The highest BCUT2D eigenvalue weighted by Gasteiger charge is 2.10. The molecule has 0 radical (unpaired) electrons. The van der Waals surface area contributed by atoms with E-state index in [2.05, 4.69) is 20.2 Å². The minimum atomic E-state index is -2.97. The van der Waals surface area contributed by atoms with E-state index >= 15 is 0 Å². The van der Waals surface area contributed by atoms with Gasteiger partial charge in [0.05, 0.1) is 18.9 Å². The molecule has 0 aliphatic heterocycles. The standard InChI is InChI=1S/C15H13F2N3O3/c1-22-12-5-4-10(7-13(12)23-15(16)17)8-19-20-14(21)11-3-2-6-18-9-11/h2-9,15H,1H3,(H,20,21)/b19-8-. The number of alkyl halides is 2. The van der Waals surface area contributed by atoms with Gasteiger partial charge >= 0.3 is 6.61 Å². The van der Waals surface area contributed by atoms with Crippen LogP contribution in [0.2, 0.25) is 0 Å². The fourth-order valence-electron chi connectivity index (χ4n) is 1.69. The van der Waals surface area contributed by atoms with Gasteiger partial charge in [0.2, 0.25) is 0 Å². The third-order valence-corrected chi connectivity index (χ3v) is 2.71. The molecule has 1 aromatic heterocycles. The molecule has 0 saturated heterocycles. The third-order valence-electron chi connectivity index (χ3n) is 2.71. The van der Waals surface area contributed by atoms with Crippen molar-refractivity contribution < 1.29 is 23.0 Å².